The topological polar surface area (TPSA) is 46.6 Å². The van der Waals surface area contributed by atoms with Crippen molar-refractivity contribution < 1.29 is 13.2 Å². The van der Waals surface area contributed by atoms with Crippen LogP contribution in [0.3, 0.4) is 0 Å². The zero-order valence-corrected chi connectivity index (χ0v) is 13.8. The fourth-order valence-corrected chi connectivity index (χ4v) is 3.67. The average molecular weight is 362 g/mol. The summed E-state index contributed by atoms with van der Waals surface area (Å²) in [6.07, 6.45) is 2.02. The van der Waals surface area contributed by atoms with Gasteiger partial charge in [0.25, 0.3) is 0 Å². The van der Waals surface area contributed by atoms with Crippen molar-refractivity contribution in [2.45, 2.75) is 12.8 Å². The molecule has 1 fully saturated rings. The summed E-state index contributed by atoms with van der Waals surface area (Å²) in [5.74, 6) is 1.50. The molecule has 0 N–H and O–H groups in total. The fraction of sp³-hybridized carbons (Fsp3) is 0.571. The van der Waals surface area contributed by atoms with Crippen molar-refractivity contribution in [3.05, 3.63) is 28.7 Å². The summed E-state index contributed by atoms with van der Waals surface area (Å²) in [6, 6.07) is 7.81. The summed E-state index contributed by atoms with van der Waals surface area (Å²) in [4.78, 5) is 2.22. The van der Waals surface area contributed by atoms with Crippen LogP contribution < -0.4 is 4.74 Å². The molecule has 0 radical (unpaired) electrons. The Bertz CT molecular complexity index is 502. The Morgan fingerprint density at radius 1 is 1.10 bits per heavy atom. The predicted molar refractivity (Wildman–Crippen MR) is 84.0 cm³/mol. The molecule has 0 aromatic heterocycles. The molecule has 1 heterocycles. The molecular weight excluding hydrogens is 342 g/mol. The Labute approximate surface area is 129 Å². The first-order chi connectivity index (χ1) is 9.55. The van der Waals surface area contributed by atoms with Crippen molar-refractivity contribution >= 4 is 25.8 Å². The van der Waals surface area contributed by atoms with E-state index in [1.54, 1.807) is 0 Å². The van der Waals surface area contributed by atoms with Crippen molar-refractivity contribution in [3.63, 3.8) is 0 Å². The van der Waals surface area contributed by atoms with Crippen molar-refractivity contribution in [2.24, 2.45) is 0 Å². The van der Waals surface area contributed by atoms with Gasteiger partial charge in [-0.2, -0.15) is 0 Å². The first-order valence-electron chi connectivity index (χ1n) is 6.86. The zero-order chi connectivity index (χ0) is 14.4. The highest BCUT2D eigenvalue weighted by Gasteiger charge is 2.20. The first-order valence-corrected chi connectivity index (χ1v) is 9.48. The number of nitrogens with zero attached hydrogens (tertiary/aromatic N) is 1. The lowest BCUT2D eigenvalue weighted by Crippen LogP contribution is -2.40. The SMILES string of the molecule is O=S1(=O)CCN(CCCCOc2ccc(Br)cc2)CC1. The maximum Gasteiger partial charge on any atom is 0.152 e. The predicted octanol–water partition coefficient (Wildman–Crippen LogP) is 2.34. The average Bonchev–Trinajstić information content (AvgIpc) is 2.42. The molecule has 20 heavy (non-hydrogen) atoms. The zero-order valence-electron chi connectivity index (χ0n) is 11.4. The van der Waals surface area contributed by atoms with E-state index >= 15 is 0 Å². The number of unbranched alkanes of at least 4 members (excludes halogenated alkanes) is 1. The molecule has 0 atom stereocenters. The number of sulfone groups is 1. The van der Waals surface area contributed by atoms with Gasteiger partial charge in [0.2, 0.25) is 0 Å². The van der Waals surface area contributed by atoms with Gasteiger partial charge in [-0.15, -0.1) is 0 Å². The Hall–Kier alpha value is -0.590. The monoisotopic (exact) mass is 361 g/mol. The second kappa shape index (κ2) is 7.43. The summed E-state index contributed by atoms with van der Waals surface area (Å²) >= 11 is 3.39. The van der Waals surface area contributed by atoms with Crippen LogP contribution >= 0.6 is 15.9 Å². The van der Waals surface area contributed by atoms with Gasteiger partial charge in [0.05, 0.1) is 18.1 Å². The smallest absolute Gasteiger partial charge is 0.152 e. The van der Waals surface area contributed by atoms with E-state index in [1.165, 1.54) is 0 Å². The van der Waals surface area contributed by atoms with Crippen LogP contribution in [0.1, 0.15) is 12.8 Å². The largest absolute Gasteiger partial charge is 0.494 e. The molecule has 0 saturated carbocycles. The molecule has 4 nitrogen and oxygen atoms in total. The molecule has 1 saturated heterocycles. The lowest BCUT2D eigenvalue weighted by Gasteiger charge is -2.26. The third-order valence-corrected chi connectivity index (χ3v) is 5.53. The fourth-order valence-electron chi connectivity index (χ4n) is 2.13. The highest BCUT2D eigenvalue weighted by Crippen LogP contribution is 2.16. The van der Waals surface area contributed by atoms with Crippen LogP contribution in [0.4, 0.5) is 0 Å². The van der Waals surface area contributed by atoms with Crippen molar-refractivity contribution in [1.29, 1.82) is 0 Å². The highest BCUT2D eigenvalue weighted by atomic mass is 79.9. The minimum atomic E-state index is -2.76. The van der Waals surface area contributed by atoms with E-state index in [2.05, 4.69) is 20.8 Å². The van der Waals surface area contributed by atoms with Gasteiger partial charge in [0.15, 0.2) is 9.84 Å². The summed E-state index contributed by atoms with van der Waals surface area (Å²) in [5, 5.41) is 0. The van der Waals surface area contributed by atoms with E-state index in [4.69, 9.17) is 4.74 Å². The number of hydrogen-bond donors (Lipinski definition) is 0. The Morgan fingerprint density at radius 2 is 1.75 bits per heavy atom. The Kier molecular flexibility index (Phi) is 5.86. The molecule has 0 aliphatic carbocycles. The molecule has 6 heteroatoms. The summed E-state index contributed by atoms with van der Waals surface area (Å²) in [7, 11) is -2.76. The maximum absolute atomic E-state index is 11.3. The Morgan fingerprint density at radius 3 is 2.40 bits per heavy atom. The van der Waals surface area contributed by atoms with Crippen molar-refractivity contribution in [2.75, 3.05) is 37.7 Å². The van der Waals surface area contributed by atoms with Crippen LogP contribution in [0.15, 0.2) is 28.7 Å². The maximum atomic E-state index is 11.3. The second-order valence-electron chi connectivity index (χ2n) is 5.00. The molecule has 0 spiro atoms. The first kappa shape index (κ1) is 15.8. The number of rotatable bonds is 6. The number of benzene rings is 1. The van der Waals surface area contributed by atoms with Gasteiger partial charge in [-0.25, -0.2) is 8.42 Å². The minimum absolute atomic E-state index is 0.308. The van der Waals surface area contributed by atoms with E-state index in [1.807, 2.05) is 24.3 Å². The van der Waals surface area contributed by atoms with Crippen LogP contribution in [0, 0.1) is 0 Å². The molecule has 0 bridgehead atoms. The number of ether oxygens (including phenoxy) is 1. The van der Waals surface area contributed by atoms with Gasteiger partial charge in [-0.1, -0.05) is 15.9 Å². The summed E-state index contributed by atoms with van der Waals surface area (Å²) in [5.41, 5.74) is 0. The van der Waals surface area contributed by atoms with Crippen molar-refractivity contribution in [3.8, 4) is 5.75 Å². The number of halogens is 1. The van der Waals surface area contributed by atoms with Crippen molar-refractivity contribution in [1.82, 2.24) is 4.90 Å². The molecular formula is C14H20BrNO3S. The molecule has 112 valence electrons. The number of hydrogen-bond acceptors (Lipinski definition) is 4. The normalized spacial score (nSPS) is 18.9. The molecule has 1 aliphatic rings. The molecule has 1 aliphatic heterocycles. The van der Waals surface area contributed by atoms with Crippen LogP contribution in [0.5, 0.6) is 5.75 Å². The van der Waals surface area contributed by atoms with Crippen LogP contribution in [-0.4, -0.2) is 51.1 Å². The summed E-state index contributed by atoms with van der Waals surface area (Å²) < 4.78 is 29.3. The van der Waals surface area contributed by atoms with Gasteiger partial charge in [-0.05, 0) is 43.7 Å². The quantitative estimate of drug-likeness (QED) is 0.729. The molecule has 1 aromatic carbocycles. The third-order valence-electron chi connectivity index (χ3n) is 3.39. The molecule has 1 aromatic rings. The lowest BCUT2D eigenvalue weighted by molar-refractivity contribution is 0.262. The lowest BCUT2D eigenvalue weighted by atomic mass is 10.3. The van der Waals surface area contributed by atoms with E-state index in [-0.39, 0.29) is 0 Å². The minimum Gasteiger partial charge on any atom is -0.494 e. The Balaban J connectivity index is 1.57. The van der Waals surface area contributed by atoms with Gasteiger partial charge >= 0.3 is 0 Å². The van der Waals surface area contributed by atoms with Gasteiger partial charge in [-0.3, -0.25) is 0 Å². The second-order valence-corrected chi connectivity index (χ2v) is 8.22. The van der Waals surface area contributed by atoms with Crippen LogP contribution in [0.2, 0.25) is 0 Å². The van der Waals surface area contributed by atoms with Gasteiger partial charge < -0.3 is 9.64 Å². The summed E-state index contributed by atoms with van der Waals surface area (Å²) in [6.45, 7) is 3.01. The molecule has 0 unspecified atom stereocenters. The third kappa shape index (κ3) is 5.42. The van der Waals surface area contributed by atoms with E-state index in [0.29, 0.717) is 31.2 Å². The van der Waals surface area contributed by atoms with Gasteiger partial charge in [0.1, 0.15) is 5.75 Å². The molecule has 0 amide bonds. The van der Waals surface area contributed by atoms with E-state index < -0.39 is 9.84 Å². The van der Waals surface area contributed by atoms with Crippen LogP contribution in [0.25, 0.3) is 0 Å². The standard InChI is InChI=1S/C14H20BrNO3S/c15-13-3-5-14(6-4-13)19-10-2-1-7-16-8-11-20(17,18)12-9-16/h3-6H,1-2,7-12H2. The highest BCUT2D eigenvalue weighted by molar-refractivity contribution is 9.10. The molecule has 2 rings (SSSR count). The van der Waals surface area contributed by atoms with E-state index in [9.17, 15) is 8.42 Å². The van der Waals surface area contributed by atoms with Crippen LogP contribution in [-0.2, 0) is 9.84 Å². The van der Waals surface area contributed by atoms with Gasteiger partial charge in [0, 0.05) is 17.6 Å². The van der Waals surface area contributed by atoms with E-state index in [0.717, 1.165) is 29.6 Å².